The van der Waals surface area contributed by atoms with Crippen LogP contribution in [0.2, 0.25) is 0 Å². The van der Waals surface area contributed by atoms with Crippen LogP contribution in [-0.4, -0.2) is 22.1 Å². The van der Waals surface area contributed by atoms with Crippen LogP contribution in [-0.2, 0) is 6.54 Å². The molecule has 160 valence electrons. The van der Waals surface area contributed by atoms with Crippen molar-refractivity contribution in [1.82, 2.24) is 4.98 Å². The van der Waals surface area contributed by atoms with E-state index >= 15 is 0 Å². The lowest BCUT2D eigenvalue weighted by atomic mass is 10.1. The first-order valence-electron chi connectivity index (χ1n) is 9.78. The molecule has 4 aromatic rings. The van der Waals surface area contributed by atoms with E-state index in [0.29, 0.717) is 22.6 Å². The van der Waals surface area contributed by atoms with Crippen molar-refractivity contribution < 1.29 is 14.7 Å². The Balaban J connectivity index is 1.47. The molecule has 4 N–H and O–H groups in total. The largest absolute Gasteiger partial charge is 0.465 e. The number of amides is 2. The molecule has 0 fully saturated rings. The minimum atomic E-state index is -1.03. The zero-order valence-electron chi connectivity index (χ0n) is 16.9. The second kappa shape index (κ2) is 9.32. The van der Waals surface area contributed by atoms with Gasteiger partial charge in [-0.2, -0.15) is 0 Å². The average Bonchev–Trinajstić information content (AvgIpc) is 3.28. The second-order valence-corrected chi connectivity index (χ2v) is 8.07. The lowest BCUT2D eigenvalue weighted by molar-refractivity contribution is 0.102. The molecule has 0 aliphatic rings. The van der Waals surface area contributed by atoms with Crippen molar-refractivity contribution >= 4 is 40.4 Å². The monoisotopic (exact) mass is 444 g/mol. The highest BCUT2D eigenvalue weighted by Crippen LogP contribution is 2.28. The SMILES string of the molecule is Nc1ccccc1NC(=O)c1ccc(-c2ncc(CN(C(=O)O)c3ccccc3)s2)cc1. The first-order valence-corrected chi connectivity index (χ1v) is 10.6. The van der Waals surface area contributed by atoms with E-state index in [1.807, 2.05) is 18.2 Å². The Bertz CT molecular complexity index is 1240. The number of nitrogens with two attached hydrogens (primary N) is 1. The minimum Gasteiger partial charge on any atom is -0.465 e. The maximum atomic E-state index is 12.5. The van der Waals surface area contributed by atoms with Gasteiger partial charge in [-0.3, -0.25) is 9.69 Å². The van der Waals surface area contributed by atoms with E-state index in [9.17, 15) is 14.7 Å². The Morgan fingerprint density at radius 2 is 1.66 bits per heavy atom. The second-order valence-electron chi connectivity index (χ2n) is 6.95. The fourth-order valence-corrected chi connectivity index (χ4v) is 4.02. The highest BCUT2D eigenvalue weighted by molar-refractivity contribution is 7.15. The molecule has 0 aliphatic carbocycles. The molecule has 7 nitrogen and oxygen atoms in total. The number of para-hydroxylation sites is 3. The normalized spacial score (nSPS) is 10.5. The van der Waals surface area contributed by atoms with Gasteiger partial charge in [0.1, 0.15) is 5.01 Å². The van der Waals surface area contributed by atoms with Gasteiger partial charge in [-0.05, 0) is 36.4 Å². The molecule has 0 saturated heterocycles. The number of thiazole rings is 1. The number of nitrogens with zero attached hydrogens (tertiary/aromatic N) is 2. The summed E-state index contributed by atoms with van der Waals surface area (Å²) in [7, 11) is 0. The molecule has 0 radical (unpaired) electrons. The number of hydrogen-bond acceptors (Lipinski definition) is 5. The van der Waals surface area contributed by atoms with E-state index in [4.69, 9.17) is 5.73 Å². The Morgan fingerprint density at radius 1 is 0.969 bits per heavy atom. The number of rotatable bonds is 6. The van der Waals surface area contributed by atoms with Crippen LogP contribution in [0.4, 0.5) is 21.9 Å². The molecular formula is C24H20N4O3S. The van der Waals surface area contributed by atoms with E-state index in [2.05, 4.69) is 10.3 Å². The smallest absolute Gasteiger partial charge is 0.412 e. The summed E-state index contributed by atoms with van der Waals surface area (Å²) in [5.74, 6) is -0.255. The summed E-state index contributed by atoms with van der Waals surface area (Å²) < 4.78 is 0. The molecule has 4 rings (SSSR count). The molecular weight excluding hydrogens is 424 g/mol. The van der Waals surface area contributed by atoms with Crippen molar-refractivity contribution in [3.8, 4) is 10.6 Å². The molecule has 2 amide bonds. The Hall–Kier alpha value is -4.17. The number of hydrogen-bond donors (Lipinski definition) is 3. The Kier molecular flexibility index (Phi) is 6.14. The van der Waals surface area contributed by atoms with Gasteiger partial charge in [-0.15, -0.1) is 11.3 Å². The van der Waals surface area contributed by atoms with Gasteiger partial charge < -0.3 is 16.2 Å². The fraction of sp³-hybridized carbons (Fsp3) is 0.0417. The van der Waals surface area contributed by atoms with Crippen molar-refractivity contribution in [3.63, 3.8) is 0 Å². The van der Waals surface area contributed by atoms with E-state index in [1.54, 1.807) is 66.9 Å². The highest BCUT2D eigenvalue weighted by Gasteiger charge is 2.17. The van der Waals surface area contributed by atoms with Crippen LogP contribution in [0.15, 0.2) is 85.1 Å². The third-order valence-corrected chi connectivity index (χ3v) is 5.80. The number of nitrogen functional groups attached to an aromatic ring is 1. The number of benzene rings is 3. The molecule has 0 atom stereocenters. The summed E-state index contributed by atoms with van der Waals surface area (Å²) in [5.41, 5.74) is 8.88. The molecule has 0 aliphatic heterocycles. The van der Waals surface area contributed by atoms with Crippen molar-refractivity contribution in [2.24, 2.45) is 0 Å². The van der Waals surface area contributed by atoms with Crippen LogP contribution in [0.3, 0.4) is 0 Å². The van der Waals surface area contributed by atoms with E-state index < -0.39 is 6.09 Å². The predicted molar refractivity (Wildman–Crippen MR) is 127 cm³/mol. The van der Waals surface area contributed by atoms with Crippen LogP contribution in [0, 0.1) is 0 Å². The van der Waals surface area contributed by atoms with Crippen molar-refractivity contribution in [1.29, 1.82) is 0 Å². The summed E-state index contributed by atoms with van der Waals surface area (Å²) in [5, 5.41) is 13.1. The first kappa shape index (κ1) is 21.1. The molecule has 8 heteroatoms. The van der Waals surface area contributed by atoms with Gasteiger partial charge in [-0.1, -0.05) is 42.5 Å². The Morgan fingerprint density at radius 3 is 2.34 bits per heavy atom. The van der Waals surface area contributed by atoms with Crippen molar-refractivity contribution in [2.45, 2.75) is 6.54 Å². The molecule has 3 aromatic carbocycles. The van der Waals surface area contributed by atoms with Gasteiger partial charge in [0.2, 0.25) is 0 Å². The highest BCUT2D eigenvalue weighted by atomic mass is 32.1. The van der Waals surface area contributed by atoms with Gasteiger partial charge in [0, 0.05) is 27.9 Å². The first-order chi connectivity index (χ1) is 15.5. The maximum Gasteiger partial charge on any atom is 0.412 e. The van der Waals surface area contributed by atoms with Crippen LogP contribution < -0.4 is 16.0 Å². The van der Waals surface area contributed by atoms with Gasteiger partial charge >= 0.3 is 6.09 Å². The lowest BCUT2D eigenvalue weighted by Gasteiger charge is -2.17. The van der Waals surface area contributed by atoms with Crippen LogP contribution >= 0.6 is 11.3 Å². The molecule has 0 spiro atoms. The molecule has 0 unspecified atom stereocenters. The standard InChI is InChI=1S/C24H20N4O3S/c25-20-8-4-5-9-21(20)27-22(29)16-10-12-17(13-11-16)23-26-14-19(32-23)15-28(24(30)31)18-6-2-1-3-7-18/h1-14H,15,25H2,(H,27,29)(H,30,31). The minimum absolute atomic E-state index is 0.204. The zero-order valence-corrected chi connectivity index (χ0v) is 17.8. The maximum absolute atomic E-state index is 12.5. The zero-order chi connectivity index (χ0) is 22.5. The van der Waals surface area contributed by atoms with Crippen LogP contribution in [0.25, 0.3) is 10.6 Å². The molecule has 1 heterocycles. The quantitative estimate of drug-likeness (QED) is 0.348. The summed E-state index contributed by atoms with van der Waals surface area (Å²) in [6.45, 7) is 0.204. The number of nitrogens with one attached hydrogen (secondary N) is 1. The van der Waals surface area contributed by atoms with E-state index in [-0.39, 0.29) is 12.5 Å². The number of anilines is 3. The van der Waals surface area contributed by atoms with Gasteiger partial charge in [-0.25, -0.2) is 9.78 Å². The Labute approximate surface area is 188 Å². The number of carboxylic acid groups (broad SMARTS) is 1. The summed E-state index contributed by atoms with van der Waals surface area (Å²) in [4.78, 5) is 30.7. The number of aromatic nitrogens is 1. The molecule has 1 aromatic heterocycles. The fourth-order valence-electron chi connectivity index (χ4n) is 3.12. The third-order valence-electron chi connectivity index (χ3n) is 4.77. The molecule has 0 bridgehead atoms. The third kappa shape index (κ3) is 4.76. The lowest BCUT2D eigenvalue weighted by Crippen LogP contribution is -2.28. The summed E-state index contributed by atoms with van der Waals surface area (Å²) in [6, 6.07) is 23.1. The van der Waals surface area contributed by atoms with Gasteiger partial charge in [0.05, 0.1) is 17.9 Å². The van der Waals surface area contributed by atoms with Crippen LogP contribution in [0.1, 0.15) is 15.2 Å². The summed E-state index contributed by atoms with van der Waals surface area (Å²) in [6.07, 6.45) is 0.651. The molecule has 0 saturated carbocycles. The molecule has 32 heavy (non-hydrogen) atoms. The van der Waals surface area contributed by atoms with Crippen molar-refractivity contribution in [2.75, 3.05) is 16.0 Å². The average molecular weight is 445 g/mol. The van der Waals surface area contributed by atoms with Crippen molar-refractivity contribution in [3.05, 3.63) is 95.5 Å². The summed E-state index contributed by atoms with van der Waals surface area (Å²) >= 11 is 1.41. The van der Waals surface area contributed by atoms with Gasteiger partial charge in [0.25, 0.3) is 5.91 Å². The number of carbonyl (C=O) groups is 2. The van der Waals surface area contributed by atoms with E-state index in [1.165, 1.54) is 16.2 Å². The predicted octanol–water partition coefficient (Wildman–Crippen LogP) is 5.33. The van der Waals surface area contributed by atoms with Gasteiger partial charge in [0.15, 0.2) is 0 Å². The topological polar surface area (TPSA) is 109 Å². The van der Waals surface area contributed by atoms with E-state index in [0.717, 1.165) is 15.4 Å². The number of carbonyl (C=O) groups excluding carboxylic acids is 1. The van der Waals surface area contributed by atoms with Crippen LogP contribution in [0.5, 0.6) is 0 Å².